The van der Waals surface area contributed by atoms with E-state index in [1.54, 1.807) is 6.07 Å². The minimum atomic E-state index is -0.0133. The van der Waals surface area contributed by atoms with Gasteiger partial charge in [0.05, 0.1) is 5.71 Å². The molecule has 0 saturated heterocycles. The van der Waals surface area contributed by atoms with E-state index < -0.39 is 0 Å². The van der Waals surface area contributed by atoms with Crippen LogP contribution in [0.1, 0.15) is 24.7 Å². The minimum absolute atomic E-state index is 0.0133. The Morgan fingerprint density at radius 1 is 1.75 bits per heavy atom. The molecule has 1 rings (SSSR count). The van der Waals surface area contributed by atoms with Gasteiger partial charge >= 0.3 is 0 Å². The fourth-order valence-corrected chi connectivity index (χ4v) is 0.912. The van der Waals surface area contributed by atoms with E-state index in [1.807, 2.05) is 6.92 Å². The Labute approximate surface area is 70.5 Å². The van der Waals surface area contributed by atoms with Crippen molar-refractivity contribution >= 4 is 11.5 Å². The van der Waals surface area contributed by atoms with Gasteiger partial charge in [0.15, 0.2) is 0 Å². The fourth-order valence-electron chi connectivity index (χ4n) is 0.912. The van der Waals surface area contributed by atoms with E-state index in [2.05, 4.69) is 10.2 Å². The van der Waals surface area contributed by atoms with Gasteiger partial charge in [0, 0.05) is 12.1 Å². The quantitative estimate of drug-likeness (QED) is 0.657. The van der Waals surface area contributed by atoms with Crippen LogP contribution in [-0.2, 0) is 4.79 Å². The summed E-state index contributed by atoms with van der Waals surface area (Å²) in [5, 5.41) is 14.1. The third kappa shape index (κ3) is 2.02. The number of ketones is 1. The van der Waals surface area contributed by atoms with Crippen molar-refractivity contribution in [2.24, 2.45) is 0 Å². The lowest BCUT2D eigenvalue weighted by atomic mass is 10.1. The molecule has 0 aromatic carbocycles. The molecule has 0 aliphatic carbocycles. The topological polar surface area (TPSA) is 69.6 Å². The average Bonchev–Trinajstić information content (AvgIpc) is 2.34. The van der Waals surface area contributed by atoms with Gasteiger partial charge in [-0.25, -0.2) is 0 Å². The van der Waals surface area contributed by atoms with E-state index in [-0.39, 0.29) is 17.9 Å². The van der Waals surface area contributed by atoms with Gasteiger partial charge in [-0.1, -0.05) is 0 Å². The number of aromatic nitrogens is 2. The number of aromatic amines is 1. The van der Waals surface area contributed by atoms with Crippen LogP contribution in [0.2, 0.25) is 0 Å². The number of hydrogen-bond acceptors (Lipinski definition) is 3. The molecule has 0 saturated carbocycles. The monoisotopic (exact) mass is 165 g/mol. The number of Topliss-reactive ketones (excluding diaryl/α,β-unsaturated/α-hetero) is 1. The molecule has 4 nitrogen and oxygen atoms in total. The zero-order valence-corrected chi connectivity index (χ0v) is 7.14. The highest BCUT2D eigenvalue weighted by Crippen LogP contribution is 2.01. The average molecular weight is 165 g/mol. The predicted octanol–water partition coefficient (Wildman–Crippen LogP) is 1.07. The number of H-pyrrole nitrogens is 1. The summed E-state index contributed by atoms with van der Waals surface area (Å²) in [5.41, 5.74) is 1.73. The highest BCUT2D eigenvalue weighted by molar-refractivity contribution is 6.07. The van der Waals surface area contributed by atoms with Gasteiger partial charge in [-0.05, 0) is 19.9 Å². The normalized spacial score (nSPS) is 9.83. The zero-order chi connectivity index (χ0) is 9.14. The first-order valence-corrected chi connectivity index (χ1v) is 3.69. The first-order valence-electron chi connectivity index (χ1n) is 3.69. The number of hydrogen-bond donors (Lipinski definition) is 2. The van der Waals surface area contributed by atoms with E-state index in [1.165, 1.54) is 6.92 Å². The van der Waals surface area contributed by atoms with Crippen molar-refractivity contribution in [2.75, 3.05) is 0 Å². The fraction of sp³-hybridized carbons (Fsp3) is 0.375. The summed E-state index contributed by atoms with van der Waals surface area (Å²) in [6.07, 6.45) is 0.157. The van der Waals surface area contributed by atoms with Crippen LogP contribution in [0.5, 0.6) is 0 Å². The van der Waals surface area contributed by atoms with Crippen molar-refractivity contribution in [1.29, 1.82) is 5.41 Å². The van der Waals surface area contributed by atoms with Crippen LogP contribution in [0.3, 0.4) is 0 Å². The first-order chi connectivity index (χ1) is 5.59. The molecule has 12 heavy (non-hydrogen) atoms. The van der Waals surface area contributed by atoms with Gasteiger partial charge in [-0.15, -0.1) is 0 Å². The molecule has 0 aliphatic rings. The molecule has 1 aromatic heterocycles. The Hall–Kier alpha value is -1.45. The molecule has 4 heteroatoms. The van der Waals surface area contributed by atoms with Crippen LogP contribution < -0.4 is 0 Å². The number of aryl methyl sites for hydroxylation is 1. The lowest BCUT2D eigenvalue weighted by molar-refractivity contribution is -0.115. The molecule has 0 bridgehead atoms. The second kappa shape index (κ2) is 3.30. The molecule has 0 amide bonds. The van der Waals surface area contributed by atoms with Crippen LogP contribution in [-0.4, -0.2) is 21.7 Å². The van der Waals surface area contributed by atoms with Crippen LogP contribution in [0, 0.1) is 12.3 Å². The van der Waals surface area contributed by atoms with Gasteiger partial charge in [0.2, 0.25) is 0 Å². The molecular weight excluding hydrogens is 154 g/mol. The maximum absolute atomic E-state index is 10.7. The lowest BCUT2D eigenvalue weighted by Crippen LogP contribution is -2.05. The highest BCUT2D eigenvalue weighted by atomic mass is 16.1. The van der Waals surface area contributed by atoms with Gasteiger partial charge in [-0.3, -0.25) is 9.89 Å². The standard InChI is InChI=1S/C8H11N3O/c1-5-3-8(11-10-5)7(9)4-6(2)12/h3,9H,4H2,1-2H3,(H,10,11). The summed E-state index contributed by atoms with van der Waals surface area (Å²) < 4.78 is 0. The van der Waals surface area contributed by atoms with Gasteiger partial charge in [0.25, 0.3) is 0 Å². The molecule has 0 radical (unpaired) electrons. The maximum atomic E-state index is 10.7. The summed E-state index contributed by atoms with van der Waals surface area (Å²) in [6, 6.07) is 1.76. The summed E-state index contributed by atoms with van der Waals surface area (Å²) in [5.74, 6) is -0.0133. The smallest absolute Gasteiger partial charge is 0.135 e. The van der Waals surface area contributed by atoms with Gasteiger partial charge < -0.3 is 5.41 Å². The van der Waals surface area contributed by atoms with Crippen LogP contribution in [0.4, 0.5) is 0 Å². The van der Waals surface area contributed by atoms with E-state index in [0.29, 0.717) is 5.69 Å². The van der Waals surface area contributed by atoms with Gasteiger partial charge in [-0.2, -0.15) is 5.10 Å². The molecular formula is C8H11N3O. The number of carbonyl (C=O) groups excluding carboxylic acids is 1. The highest BCUT2D eigenvalue weighted by Gasteiger charge is 2.06. The molecule has 0 atom stereocenters. The van der Waals surface area contributed by atoms with Crippen molar-refractivity contribution in [2.45, 2.75) is 20.3 Å². The molecule has 0 fully saturated rings. The summed E-state index contributed by atoms with van der Waals surface area (Å²) in [4.78, 5) is 10.7. The number of carbonyl (C=O) groups is 1. The summed E-state index contributed by atoms with van der Waals surface area (Å²) >= 11 is 0. The lowest BCUT2D eigenvalue weighted by Gasteiger charge is -1.93. The molecule has 0 aliphatic heterocycles. The van der Waals surface area contributed by atoms with Crippen LogP contribution >= 0.6 is 0 Å². The first kappa shape index (κ1) is 8.64. The number of nitrogens with zero attached hydrogens (tertiary/aromatic N) is 1. The Morgan fingerprint density at radius 3 is 2.83 bits per heavy atom. The molecule has 2 N–H and O–H groups in total. The molecule has 1 aromatic rings. The third-order valence-electron chi connectivity index (χ3n) is 1.44. The Bertz CT molecular complexity index is 314. The molecule has 0 spiro atoms. The molecule has 64 valence electrons. The van der Waals surface area contributed by atoms with Crippen LogP contribution in [0.25, 0.3) is 0 Å². The molecule has 1 heterocycles. The van der Waals surface area contributed by atoms with Crippen molar-refractivity contribution in [3.63, 3.8) is 0 Å². The summed E-state index contributed by atoms with van der Waals surface area (Å²) in [7, 11) is 0. The van der Waals surface area contributed by atoms with E-state index in [0.717, 1.165) is 5.69 Å². The van der Waals surface area contributed by atoms with Crippen molar-refractivity contribution in [3.8, 4) is 0 Å². The third-order valence-corrected chi connectivity index (χ3v) is 1.44. The SMILES string of the molecule is CC(=O)CC(=N)c1cc(C)[nH]n1. The molecule has 0 unspecified atom stereocenters. The van der Waals surface area contributed by atoms with Gasteiger partial charge in [0.1, 0.15) is 11.5 Å². The van der Waals surface area contributed by atoms with E-state index in [9.17, 15) is 4.79 Å². The largest absolute Gasteiger partial charge is 0.303 e. The number of nitrogens with one attached hydrogen (secondary N) is 2. The van der Waals surface area contributed by atoms with E-state index in [4.69, 9.17) is 5.41 Å². The minimum Gasteiger partial charge on any atom is -0.303 e. The Kier molecular flexibility index (Phi) is 2.38. The summed E-state index contributed by atoms with van der Waals surface area (Å²) in [6.45, 7) is 3.32. The second-order valence-corrected chi connectivity index (χ2v) is 2.79. The van der Waals surface area contributed by atoms with Crippen molar-refractivity contribution in [1.82, 2.24) is 10.2 Å². The van der Waals surface area contributed by atoms with Crippen LogP contribution in [0.15, 0.2) is 6.07 Å². The number of rotatable bonds is 3. The second-order valence-electron chi connectivity index (χ2n) is 2.79. The van der Waals surface area contributed by atoms with Crippen molar-refractivity contribution in [3.05, 3.63) is 17.5 Å². The zero-order valence-electron chi connectivity index (χ0n) is 7.14. The van der Waals surface area contributed by atoms with E-state index >= 15 is 0 Å². The predicted molar refractivity (Wildman–Crippen MR) is 45.5 cm³/mol. The van der Waals surface area contributed by atoms with Crippen molar-refractivity contribution < 1.29 is 4.79 Å². The Morgan fingerprint density at radius 2 is 2.42 bits per heavy atom. The maximum Gasteiger partial charge on any atom is 0.135 e. The Balaban J connectivity index is 2.72.